The van der Waals surface area contributed by atoms with Crippen LogP contribution in [-0.2, 0) is 22.4 Å². The summed E-state index contributed by atoms with van der Waals surface area (Å²) in [4.78, 5) is 42.0. The molecule has 7 heteroatoms. The van der Waals surface area contributed by atoms with Crippen molar-refractivity contribution >= 4 is 28.8 Å². The Labute approximate surface area is 144 Å². The van der Waals surface area contributed by atoms with Crippen molar-refractivity contribution in [3.05, 3.63) is 41.1 Å². The van der Waals surface area contributed by atoms with Gasteiger partial charge in [-0.25, -0.2) is 9.59 Å². The summed E-state index contributed by atoms with van der Waals surface area (Å²) in [6.07, 6.45) is 2.57. The number of urea groups is 1. The number of aryl methyl sites for hydroxylation is 1. The van der Waals surface area contributed by atoms with Gasteiger partial charge in [0.1, 0.15) is 0 Å². The molecule has 0 saturated carbocycles. The predicted octanol–water partition coefficient (Wildman–Crippen LogP) is 1.43. The average molecular weight is 339 g/mol. The Balaban J connectivity index is 1.60. The van der Waals surface area contributed by atoms with Crippen LogP contribution < -0.4 is 5.32 Å². The molecule has 25 heavy (non-hydrogen) atoms. The number of pyridine rings is 1. The smallest absolute Gasteiger partial charge is 0.339 e. The van der Waals surface area contributed by atoms with E-state index in [4.69, 9.17) is 4.74 Å². The fourth-order valence-electron chi connectivity index (χ4n) is 3.43. The van der Waals surface area contributed by atoms with E-state index in [1.807, 2.05) is 24.3 Å². The van der Waals surface area contributed by atoms with Crippen LogP contribution in [0.15, 0.2) is 24.3 Å². The van der Waals surface area contributed by atoms with Gasteiger partial charge in [-0.05, 0) is 30.9 Å². The van der Waals surface area contributed by atoms with Crippen molar-refractivity contribution in [3.63, 3.8) is 0 Å². The summed E-state index contributed by atoms with van der Waals surface area (Å²) in [5.41, 5.74) is 3.09. The van der Waals surface area contributed by atoms with Gasteiger partial charge in [0.2, 0.25) is 0 Å². The van der Waals surface area contributed by atoms with Crippen LogP contribution in [-0.4, -0.2) is 47.5 Å². The zero-order valence-corrected chi connectivity index (χ0v) is 13.6. The van der Waals surface area contributed by atoms with Gasteiger partial charge >= 0.3 is 12.0 Å². The number of aromatic nitrogens is 1. The maximum Gasteiger partial charge on any atom is 0.339 e. The highest BCUT2D eigenvalue weighted by atomic mass is 16.5. The molecule has 1 aromatic carbocycles. The number of para-hydroxylation sites is 1. The second kappa shape index (κ2) is 6.16. The molecule has 2 aliphatic rings. The monoisotopic (exact) mass is 339 g/mol. The molecule has 0 radical (unpaired) electrons. The highest BCUT2D eigenvalue weighted by Gasteiger charge is 2.29. The van der Waals surface area contributed by atoms with Crippen LogP contribution >= 0.6 is 0 Å². The Kier molecular flexibility index (Phi) is 3.83. The summed E-state index contributed by atoms with van der Waals surface area (Å²) < 4.78 is 5.25. The van der Waals surface area contributed by atoms with E-state index in [0.29, 0.717) is 18.7 Å². The van der Waals surface area contributed by atoms with E-state index >= 15 is 0 Å². The van der Waals surface area contributed by atoms with Crippen molar-refractivity contribution in [2.24, 2.45) is 0 Å². The Hall–Kier alpha value is -2.96. The molecule has 2 heterocycles. The van der Waals surface area contributed by atoms with Gasteiger partial charge < -0.3 is 10.1 Å². The number of fused-ring (bicyclic) bond motifs is 2. The number of esters is 1. The fraction of sp³-hybridized carbons (Fsp3) is 0.333. The predicted molar refractivity (Wildman–Crippen MR) is 89.2 cm³/mol. The second-order valence-electron chi connectivity index (χ2n) is 6.14. The summed E-state index contributed by atoms with van der Waals surface area (Å²) in [6, 6.07) is 6.98. The summed E-state index contributed by atoms with van der Waals surface area (Å²) in [7, 11) is 0. The standard InChI is InChI=1S/C18H17N3O4/c22-15(21-9-8-19-18(21)24)10-25-17(23)16-11-4-1-2-6-13(11)20-14-7-3-5-12(14)16/h1-2,4,6H,3,5,7-10H2,(H,19,24). The van der Waals surface area contributed by atoms with Crippen molar-refractivity contribution < 1.29 is 19.1 Å². The minimum Gasteiger partial charge on any atom is -0.452 e. The number of carbonyl (C=O) groups excluding carboxylic acids is 3. The Morgan fingerprint density at radius 3 is 2.88 bits per heavy atom. The van der Waals surface area contributed by atoms with Crippen molar-refractivity contribution in [2.45, 2.75) is 19.3 Å². The van der Waals surface area contributed by atoms with Crippen molar-refractivity contribution in [3.8, 4) is 0 Å². The minimum atomic E-state index is -0.537. The highest BCUT2D eigenvalue weighted by Crippen LogP contribution is 2.30. The molecule has 1 aromatic heterocycles. The number of nitrogens with zero attached hydrogens (tertiary/aromatic N) is 2. The molecule has 2 aromatic rings. The third-order valence-corrected chi connectivity index (χ3v) is 4.61. The first-order valence-corrected chi connectivity index (χ1v) is 8.31. The van der Waals surface area contributed by atoms with E-state index in [-0.39, 0.29) is 0 Å². The minimum absolute atomic E-state index is 0.294. The summed E-state index contributed by atoms with van der Waals surface area (Å²) in [5, 5.41) is 3.28. The van der Waals surface area contributed by atoms with Gasteiger partial charge in [0, 0.05) is 24.2 Å². The van der Waals surface area contributed by atoms with E-state index in [0.717, 1.165) is 46.3 Å². The van der Waals surface area contributed by atoms with E-state index < -0.39 is 24.5 Å². The van der Waals surface area contributed by atoms with Crippen LogP contribution in [0, 0.1) is 0 Å². The van der Waals surface area contributed by atoms with Crippen LogP contribution in [0.25, 0.3) is 10.9 Å². The number of benzene rings is 1. The Morgan fingerprint density at radius 2 is 2.08 bits per heavy atom. The van der Waals surface area contributed by atoms with Gasteiger partial charge in [-0.15, -0.1) is 0 Å². The fourth-order valence-corrected chi connectivity index (χ4v) is 3.43. The number of hydrogen-bond acceptors (Lipinski definition) is 5. The highest BCUT2D eigenvalue weighted by molar-refractivity contribution is 6.06. The molecular formula is C18H17N3O4. The molecule has 7 nitrogen and oxygen atoms in total. The lowest BCUT2D eigenvalue weighted by atomic mass is 10.0. The molecule has 1 aliphatic heterocycles. The Morgan fingerprint density at radius 1 is 1.24 bits per heavy atom. The zero-order chi connectivity index (χ0) is 17.4. The number of ether oxygens (including phenoxy) is 1. The molecule has 1 saturated heterocycles. The van der Waals surface area contributed by atoms with Crippen molar-refractivity contribution in [2.75, 3.05) is 19.7 Å². The molecule has 1 N–H and O–H groups in total. The molecule has 1 aliphatic carbocycles. The number of imide groups is 1. The van der Waals surface area contributed by atoms with Gasteiger partial charge in [0.05, 0.1) is 11.1 Å². The third-order valence-electron chi connectivity index (χ3n) is 4.61. The molecule has 3 amide bonds. The maximum absolute atomic E-state index is 12.7. The molecule has 0 spiro atoms. The van der Waals surface area contributed by atoms with Crippen LogP contribution in [0.1, 0.15) is 28.0 Å². The quantitative estimate of drug-likeness (QED) is 0.855. The van der Waals surface area contributed by atoms with Crippen LogP contribution in [0.4, 0.5) is 4.79 Å². The number of nitrogens with one attached hydrogen (secondary N) is 1. The van der Waals surface area contributed by atoms with Crippen LogP contribution in [0.5, 0.6) is 0 Å². The zero-order valence-electron chi connectivity index (χ0n) is 13.6. The van der Waals surface area contributed by atoms with E-state index in [1.165, 1.54) is 0 Å². The SMILES string of the molecule is O=C(OCC(=O)N1CCNC1=O)c1c2c(nc3ccccc13)CCC2. The summed E-state index contributed by atoms with van der Waals surface area (Å²) >= 11 is 0. The Bertz CT molecular complexity index is 893. The van der Waals surface area contributed by atoms with Gasteiger partial charge in [-0.3, -0.25) is 14.7 Å². The first-order chi connectivity index (χ1) is 12.1. The third kappa shape index (κ3) is 2.71. The van der Waals surface area contributed by atoms with Crippen LogP contribution in [0.2, 0.25) is 0 Å². The lowest BCUT2D eigenvalue weighted by molar-refractivity contribution is -0.130. The molecule has 0 atom stereocenters. The van der Waals surface area contributed by atoms with Gasteiger partial charge in [0.25, 0.3) is 5.91 Å². The lowest BCUT2D eigenvalue weighted by Gasteiger charge is -2.14. The first-order valence-electron chi connectivity index (χ1n) is 8.31. The lowest BCUT2D eigenvalue weighted by Crippen LogP contribution is -2.37. The summed E-state index contributed by atoms with van der Waals surface area (Å²) in [6.45, 7) is 0.265. The van der Waals surface area contributed by atoms with Gasteiger partial charge in [-0.1, -0.05) is 18.2 Å². The van der Waals surface area contributed by atoms with Gasteiger partial charge in [-0.2, -0.15) is 0 Å². The summed E-state index contributed by atoms with van der Waals surface area (Å²) in [5.74, 6) is -1.05. The molecule has 4 rings (SSSR count). The molecule has 0 unspecified atom stereocenters. The number of amides is 3. The van der Waals surface area contributed by atoms with Gasteiger partial charge in [0.15, 0.2) is 6.61 Å². The van der Waals surface area contributed by atoms with E-state index in [9.17, 15) is 14.4 Å². The molecule has 0 bridgehead atoms. The van der Waals surface area contributed by atoms with E-state index in [2.05, 4.69) is 10.3 Å². The normalized spacial score (nSPS) is 16.0. The number of hydrogen-bond donors (Lipinski definition) is 1. The number of rotatable bonds is 3. The number of carbonyl (C=O) groups is 3. The molecular weight excluding hydrogens is 322 g/mol. The van der Waals surface area contributed by atoms with Crippen molar-refractivity contribution in [1.29, 1.82) is 0 Å². The first kappa shape index (κ1) is 15.6. The average Bonchev–Trinajstić information content (AvgIpc) is 3.25. The topological polar surface area (TPSA) is 88.6 Å². The molecule has 128 valence electrons. The second-order valence-corrected chi connectivity index (χ2v) is 6.14. The van der Waals surface area contributed by atoms with Crippen LogP contribution in [0.3, 0.4) is 0 Å². The van der Waals surface area contributed by atoms with Crippen molar-refractivity contribution in [1.82, 2.24) is 15.2 Å². The largest absolute Gasteiger partial charge is 0.452 e. The van der Waals surface area contributed by atoms with E-state index in [1.54, 1.807) is 0 Å². The maximum atomic E-state index is 12.7. The molecule has 1 fully saturated rings.